The second kappa shape index (κ2) is 4.34. The van der Waals surface area contributed by atoms with Crippen LogP contribution in [0.3, 0.4) is 0 Å². The average Bonchev–Trinajstić information content (AvgIpc) is 2.54. The van der Waals surface area contributed by atoms with E-state index in [1.807, 2.05) is 0 Å². The molecule has 8 heteroatoms. The van der Waals surface area contributed by atoms with Crippen molar-refractivity contribution in [1.82, 2.24) is 9.78 Å². The van der Waals surface area contributed by atoms with Crippen molar-refractivity contribution in [2.45, 2.75) is 6.92 Å². The Morgan fingerprint density at radius 3 is 2.61 bits per heavy atom. The number of nitrogens with zero attached hydrogens (tertiary/aromatic N) is 3. The molecule has 0 radical (unpaired) electrons. The number of aromatic nitrogens is 2. The molecule has 0 N–H and O–H groups in total. The summed E-state index contributed by atoms with van der Waals surface area (Å²) in [6, 6.07) is 2.76. The zero-order valence-electron chi connectivity index (χ0n) is 9.02. The maximum Gasteiger partial charge on any atom is 0.329 e. The van der Waals surface area contributed by atoms with Crippen LogP contribution in [0.2, 0.25) is 5.15 Å². The summed E-state index contributed by atoms with van der Waals surface area (Å²) >= 11 is 5.77. The first kappa shape index (κ1) is 12.4. The van der Waals surface area contributed by atoms with Crippen molar-refractivity contribution in [3.63, 3.8) is 0 Å². The molecule has 0 bridgehead atoms. The highest BCUT2D eigenvalue weighted by atomic mass is 35.5. The number of hydrogen-bond acceptors (Lipinski definition) is 3. The molecule has 0 aliphatic heterocycles. The Balaban J connectivity index is 2.65. The van der Waals surface area contributed by atoms with Crippen LogP contribution in [-0.2, 0) is 0 Å². The summed E-state index contributed by atoms with van der Waals surface area (Å²) in [4.78, 5) is 10.0. The van der Waals surface area contributed by atoms with Gasteiger partial charge in [0.1, 0.15) is 17.2 Å². The van der Waals surface area contributed by atoms with Gasteiger partial charge in [-0.1, -0.05) is 11.6 Å². The molecule has 0 unspecified atom stereocenters. The monoisotopic (exact) mass is 273 g/mol. The normalized spacial score (nSPS) is 10.7. The Bertz CT molecular complexity index is 642. The minimum atomic E-state index is -0.908. The van der Waals surface area contributed by atoms with Gasteiger partial charge in [-0.3, -0.25) is 10.1 Å². The smallest absolute Gasteiger partial charge is 0.258 e. The molecule has 94 valence electrons. The largest absolute Gasteiger partial charge is 0.329 e. The SMILES string of the molecule is Cc1nn(-c2ccc(F)cc2F)c(Cl)c1[N+](=O)[O-]. The van der Waals surface area contributed by atoms with Gasteiger partial charge in [-0.05, 0) is 19.1 Å². The van der Waals surface area contributed by atoms with E-state index in [1.54, 1.807) is 0 Å². The third-order valence-corrected chi connectivity index (χ3v) is 2.63. The standard InChI is InChI=1S/C10H6ClF2N3O2/c1-5-9(16(17)18)10(11)15(14-5)8-3-2-6(12)4-7(8)13/h2-4H,1H3. The number of aryl methyl sites for hydroxylation is 1. The van der Waals surface area contributed by atoms with Crippen LogP contribution < -0.4 is 0 Å². The lowest BCUT2D eigenvalue weighted by atomic mass is 10.3. The summed E-state index contributed by atoms with van der Waals surface area (Å²) in [6.45, 7) is 1.38. The van der Waals surface area contributed by atoms with E-state index in [4.69, 9.17) is 11.6 Å². The first-order valence-electron chi connectivity index (χ1n) is 4.76. The number of hydrogen-bond donors (Lipinski definition) is 0. The predicted molar refractivity (Wildman–Crippen MR) is 59.9 cm³/mol. The Hall–Kier alpha value is -2.02. The molecule has 0 spiro atoms. The third kappa shape index (κ3) is 1.92. The van der Waals surface area contributed by atoms with Crippen LogP contribution in [0.25, 0.3) is 5.69 Å². The highest BCUT2D eigenvalue weighted by Gasteiger charge is 2.25. The van der Waals surface area contributed by atoms with Crippen LogP contribution >= 0.6 is 11.6 Å². The Kier molecular flexibility index (Phi) is 3.00. The van der Waals surface area contributed by atoms with E-state index in [0.29, 0.717) is 6.07 Å². The maximum atomic E-state index is 13.5. The summed E-state index contributed by atoms with van der Waals surface area (Å²) in [5, 5.41) is 14.2. The quantitative estimate of drug-likeness (QED) is 0.624. The van der Waals surface area contributed by atoms with Gasteiger partial charge in [-0.2, -0.15) is 5.10 Å². The van der Waals surface area contributed by atoms with E-state index in [0.717, 1.165) is 16.8 Å². The molecule has 1 heterocycles. The molecule has 2 rings (SSSR count). The molecule has 2 aromatic rings. The molecular formula is C10H6ClF2N3O2. The fourth-order valence-electron chi connectivity index (χ4n) is 1.51. The van der Waals surface area contributed by atoms with Crippen LogP contribution in [0.5, 0.6) is 0 Å². The van der Waals surface area contributed by atoms with Crippen LogP contribution in [0, 0.1) is 28.7 Å². The van der Waals surface area contributed by atoms with Gasteiger partial charge in [0, 0.05) is 6.07 Å². The molecule has 0 aliphatic rings. The summed E-state index contributed by atoms with van der Waals surface area (Å²) < 4.78 is 27.2. The molecule has 18 heavy (non-hydrogen) atoms. The topological polar surface area (TPSA) is 61.0 Å². The minimum Gasteiger partial charge on any atom is -0.258 e. The van der Waals surface area contributed by atoms with Gasteiger partial charge in [0.25, 0.3) is 0 Å². The van der Waals surface area contributed by atoms with Gasteiger partial charge in [0.15, 0.2) is 5.82 Å². The molecule has 1 aromatic carbocycles. The van der Waals surface area contributed by atoms with Crippen molar-refractivity contribution in [1.29, 1.82) is 0 Å². The van der Waals surface area contributed by atoms with Crippen molar-refractivity contribution < 1.29 is 13.7 Å². The molecule has 0 aliphatic carbocycles. The van der Waals surface area contributed by atoms with Gasteiger partial charge >= 0.3 is 5.69 Å². The summed E-state index contributed by atoms with van der Waals surface area (Å²) in [6.07, 6.45) is 0. The zero-order chi connectivity index (χ0) is 13.4. The molecule has 0 saturated heterocycles. The lowest BCUT2D eigenvalue weighted by Crippen LogP contribution is -2.00. The third-order valence-electron chi connectivity index (χ3n) is 2.29. The van der Waals surface area contributed by atoms with Gasteiger partial charge < -0.3 is 0 Å². The summed E-state index contributed by atoms with van der Waals surface area (Å²) in [5.74, 6) is -1.67. The van der Waals surface area contributed by atoms with Crippen molar-refractivity contribution in [3.05, 3.63) is 50.8 Å². The molecule has 1 aromatic heterocycles. The van der Waals surface area contributed by atoms with E-state index in [-0.39, 0.29) is 16.5 Å². The maximum absolute atomic E-state index is 13.5. The predicted octanol–water partition coefficient (Wildman–Crippen LogP) is 3.02. The van der Waals surface area contributed by atoms with Crippen LogP contribution in [0.15, 0.2) is 18.2 Å². The lowest BCUT2D eigenvalue weighted by molar-refractivity contribution is -0.385. The molecule has 0 atom stereocenters. The van der Waals surface area contributed by atoms with E-state index < -0.39 is 22.2 Å². The fraction of sp³-hybridized carbons (Fsp3) is 0.100. The average molecular weight is 274 g/mol. The Morgan fingerprint density at radius 1 is 1.44 bits per heavy atom. The van der Waals surface area contributed by atoms with Gasteiger partial charge in [0.2, 0.25) is 5.15 Å². The number of nitro groups is 1. The first-order chi connectivity index (χ1) is 8.41. The summed E-state index contributed by atoms with van der Waals surface area (Å²) in [5.41, 5.74) is -0.508. The minimum absolute atomic E-state index is 0.0497. The highest BCUT2D eigenvalue weighted by molar-refractivity contribution is 6.32. The number of halogens is 3. The van der Waals surface area contributed by atoms with Crippen molar-refractivity contribution in [2.24, 2.45) is 0 Å². The van der Waals surface area contributed by atoms with E-state index in [9.17, 15) is 18.9 Å². The van der Waals surface area contributed by atoms with Crippen LogP contribution in [0.1, 0.15) is 5.69 Å². The molecule has 0 fully saturated rings. The van der Waals surface area contributed by atoms with Crippen molar-refractivity contribution >= 4 is 17.3 Å². The van der Waals surface area contributed by atoms with E-state index >= 15 is 0 Å². The highest BCUT2D eigenvalue weighted by Crippen LogP contribution is 2.30. The molecule has 0 saturated carbocycles. The first-order valence-corrected chi connectivity index (χ1v) is 5.14. The fourth-order valence-corrected chi connectivity index (χ4v) is 1.85. The van der Waals surface area contributed by atoms with Gasteiger partial charge in [-0.25, -0.2) is 13.5 Å². The van der Waals surface area contributed by atoms with E-state index in [1.165, 1.54) is 6.92 Å². The lowest BCUT2D eigenvalue weighted by Gasteiger charge is -2.03. The second-order valence-electron chi connectivity index (χ2n) is 3.49. The summed E-state index contributed by atoms with van der Waals surface area (Å²) in [7, 11) is 0. The van der Waals surface area contributed by atoms with Crippen LogP contribution in [-0.4, -0.2) is 14.7 Å². The number of rotatable bonds is 2. The Morgan fingerprint density at radius 2 is 2.11 bits per heavy atom. The van der Waals surface area contributed by atoms with Gasteiger partial charge in [0.05, 0.1) is 4.92 Å². The van der Waals surface area contributed by atoms with E-state index in [2.05, 4.69) is 5.10 Å². The molecular weight excluding hydrogens is 268 g/mol. The molecule has 0 amide bonds. The van der Waals surface area contributed by atoms with Crippen molar-refractivity contribution in [2.75, 3.05) is 0 Å². The van der Waals surface area contributed by atoms with Gasteiger partial charge in [-0.15, -0.1) is 0 Å². The van der Waals surface area contributed by atoms with Crippen molar-refractivity contribution in [3.8, 4) is 5.69 Å². The zero-order valence-corrected chi connectivity index (χ0v) is 9.78. The number of benzene rings is 1. The second-order valence-corrected chi connectivity index (χ2v) is 3.85. The molecule has 5 nitrogen and oxygen atoms in total. The van der Waals surface area contributed by atoms with Crippen LogP contribution in [0.4, 0.5) is 14.5 Å². The Labute approximate surface area is 105 Å².